The third kappa shape index (κ3) is 5.45. The molecular weight excluding hydrogens is 322 g/mol. The van der Waals surface area contributed by atoms with Crippen molar-refractivity contribution in [2.24, 2.45) is 0 Å². The van der Waals surface area contributed by atoms with E-state index in [2.05, 4.69) is 21.3 Å². The second-order valence-corrected chi connectivity index (χ2v) is 5.73. The maximum absolute atomic E-state index is 11.9. The summed E-state index contributed by atoms with van der Waals surface area (Å²) in [6, 6.07) is 8.89. The van der Waals surface area contributed by atoms with Gasteiger partial charge >= 0.3 is 0 Å². The van der Waals surface area contributed by atoms with Gasteiger partial charge in [0.2, 0.25) is 0 Å². The topological polar surface area (TPSA) is 105 Å². The lowest BCUT2D eigenvalue weighted by atomic mass is 10.1. The minimum absolute atomic E-state index is 0.00436. The van der Waals surface area contributed by atoms with E-state index in [4.69, 9.17) is 0 Å². The molecule has 0 radical (unpaired) electrons. The number of nitrogens with zero attached hydrogens (tertiary/aromatic N) is 2. The van der Waals surface area contributed by atoms with E-state index in [0.717, 1.165) is 17.0 Å². The van der Waals surface area contributed by atoms with Crippen LogP contribution in [0.2, 0.25) is 0 Å². The molecule has 0 atom stereocenters. The summed E-state index contributed by atoms with van der Waals surface area (Å²) >= 11 is 0. The van der Waals surface area contributed by atoms with Gasteiger partial charge in [-0.05, 0) is 39.0 Å². The second kappa shape index (κ2) is 8.09. The van der Waals surface area contributed by atoms with E-state index in [9.17, 15) is 14.4 Å². The van der Waals surface area contributed by atoms with Gasteiger partial charge in [-0.1, -0.05) is 17.7 Å². The Labute approximate surface area is 145 Å². The van der Waals surface area contributed by atoms with Crippen LogP contribution in [-0.2, 0) is 16.1 Å². The molecule has 1 aromatic heterocycles. The zero-order valence-electron chi connectivity index (χ0n) is 14.4. The quantitative estimate of drug-likeness (QED) is 0.683. The molecule has 0 spiro atoms. The smallest absolute Gasteiger partial charge is 0.260 e. The zero-order valence-corrected chi connectivity index (χ0v) is 14.4. The highest BCUT2D eigenvalue weighted by molar-refractivity contribution is 5.96. The number of aryl methyl sites for hydroxylation is 3. The maximum atomic E-state index is 11.9. The van der Waals surface area contributed by atoms with Crippen LogP contribution in [0.1, 0.15) is 27.3 Å². The number of carbonyl (C=O) groups excluding carboxylic acids is 3. The number of hydrazine groups is 1. The minimum atomic E-state index is -0.525. The van der Waals surface area contributed by atoms with Gasteiger partial charge in [0.1, 0.15) is 6.54 Å². The average Bonchev–Trinajstić information content (AvgIpc) is 2.88. The summed E-state index contributed by atoms with van der Waals surface area (Å²) in [6.45, 7) is 5.30. The summed E-state index contributed by atoms with van der Waals surface area (Å²) in [5.41, 5.74) is 7.63. The van der Waals surface area contributed by atoms with Crippen LogP contribution >= 0.6 is 0 Å². The number of nitrogens with one attached hydrogen (secondary N) is 3. The van der Waals surface area contributed by atoms with Gasteiger partial charge in [0.15, 0.2) is 0 Å². The van der Waals surface area contributed by atoms with Gasteiger partial charge in [-0.25, -0.2) is 0 Å². The van der Waals surface area contributed by atoms with Crippen LogP contribution in [0.25, 0.3) is 0 Å². The summed E-state index contributed by atoms with van der Waals surface area (Å²) in [6.07, 6.45) is 0. The van der Waals surface area contributed by atoms with Crippen molar-refractivity contribution in [3.63, 3.8) is 0 Å². The molecule has 25 heavy (non-hydrogen) atoms. The largest absolute Gasteiger partial charge is 0.343 e. The number of amides is 3. The van der Waals surface area contributed by atoms with E-state index < -0.39 is 11.8 Å². The molecule has 2 aromatic rings. The average molecular weight is 343 g/mol. The minimum Gasteiger partial charge on any atom is -0.343 e. The van der Waals surface area contributed by atoms with Crippen LogP contribution in [0.3, 0.4) is 0 Å². The molecule has 0 fully saturated rings. The van der Waals surface area contributed by atoms with E-state index in [1.54, 1.807) is 18.2 Å². The first kappa shape index (κ1) is 18.2. The van der Waals surface area contributed by atoms with Gasteiger partial charge in [0.25, 0.3) is 17.7 Å². The molecule has 0 saturated heterocycles. The summed E-state index contributed by atoms with van der Waals surface area (Å²) in [7, 11) is 0. The molecule has 0 bridgehead atoms. The van der Waals surface area contributed by atoms with Gasteiger partial charge < -0.3 is 5.32 Å². The lowest BCUT2D eigenvalue weighted by molar-refractivity contribution is -0.128. The Morgan fingerprint density at radius 1 is 1.04 bits per heavy atom. The first-order valence-electron chi connectivity index (χ1n) is 7.79. The van der Waals surface area contributed by atoms with E-state index in [-0.39, 0.29) is 19.0 Å². The van der Waals surface area contributed by atoms with Gasteiger partial charge in [-0.3, -0.25) is 29.9 Å². The van der Waals surface area contributed by atoms with Crippen molar-refractivity contribution < 1.29 is 14.4 Å². The van der Waals surface area contributed by atoms with Gasteiger partial charge in [0.05, 0.1) is 12.2 Å². The van der Waals surface area contributed by atoms with Crippen LogP contribution in [-0.4, -0.2) is 34.0 Å². The van der Waals surface area contributed by atoms with Crippen LogP contribution in [0, 0.1) is 20.8 Å². The Kier molecular flexibility index (Phi) is 5.89. The summed E-state index contributed by atoms with van der Waals surface area (Å²) in [4.78, 5) is 35.4. The fourth-order valence-corrected chi connectivity index (χ4v) is 2.24. The molecule has 0 aliphatic heterocycles. The predicted molar refractivity (Wildman–Crippen MR) is 91.5 cm³/mol. The Bertz CT molecular complexity index is 797. The fourth-order valence-electron chi connectivity index (χ4n) is 2.24. The first-order chi connectivity index (χ1) is 11.8. The molecular formula is C17H21N5O3. The van der Waals surface area contributed by atoms with Crippen molar-refractivity contribution >= 4 is 17.7 Å². The number of hydrogen-bond donors (Lipinski definition) is 3. The zero-order chi connectivity index (χ0) is 18.4. The van der Waals surface area contributed by atoms with Crippen molar-refractivity contribution in [2.45, 2.75) is 27.3 Å². The molecule has 1 aromatic carbocycles. The lowest BCUT2D eigenvalue weighted by Crippen LogP contribution is -2.47. The first-order valence-corrected chi connectivity index (χ1v) is 7.79. The third-order valence-electron chi connectivity index (χ3n) is 3.43. The lowest BCUT2D eigenvalue weighted by Gasteiger charge is -2.09. The second-order valence-electron chi connectivity index (χ2n) is 5.73. The van der Waals surface area contributed by atoms with Crippen LogP contribution < -0.4 is 16.2 Å². The molecule has 1 heterocycles. The summed E-state index contributed by atoms with van der Waals surface area (Å²) < 4.78 is 1.54. The third-order valence-corrected chi connectivity index (χ3v) is 3.43. The number of rotatable bonds is 5. The van der Waals surface area contributed by atoms with Gasteiger partial charge in [0, 0.05) is 11.3 Å². The fraction of sp³-hybridized carbons (Fsp3) is 0.294. The van der Waals surface area contributed by atoms with Crippen LogP contribution in [0.5, 0.6) is 0 Å². The van der Waals surface area contributed by atoms with Gasteiger partial charge in [-0.15, -0.1) is 0 Å². The molecule has 0 saturated carbocycles. The highest BCUT2D eigenvalue weighted by Gasteiger charge is 2.10. The van der Waals surface area contributed by atoms with Crippen molar-refractivity contribution in [1.29, 1.82) is 0 Å². The normalized spacial score (nSPS) is 10.2. The van der Waals surface area contributed by atoms with Crippen molar-refractivity contribution in [3.8, 4) is 0 Å². The van der Waals surface area contributed by atoms with Crippen molar-refractivity contribution in [3.05, 3.63) is 52.8 Å². The molecule has 3 amide bonds. The molecule has 8 heteroatoms. The monoisotopic (exact) mass is 343 g/mol. The number of benzene rings is 1. The molecule has 0 unspecified atom stereocenters. The van der Waals surface area contributed by atoms with E-state index in [1.807, 2.05) is 32.9 Å². The number of hydrogen-bond acceptors (Lipinski definition) is 4. The molecule has 0 aliphatic carbocycles. The predicted octanol–water partition coefficient (Wildman–Crippen LogP) is 0.386. The maximum Gasteiger partial charge on any atom is 0.260 e. The van der Waals surface area contributed by atoms with Crippen molar-refractivity contribution in [2.75, 3.05) is 6.54 Å². The molecule has 2 rings (SSSR count). The Morgan fingerprint density at radius 2 is 1.76 bits per heavy atom. The van der Waals surface area contributed by atoms with E-state index in [0.29, 0.717) is 5.56 Å². The Balaban J connectivity index is 1.74. The molecule has 3 N–H and O–H groups in total. The number of carbonyl (C=O) groups is 3. The number of aromatic nitrogens is 2. The van der Waals surface area contributed by atoms with E-state index >= 15 is 0 Å². The van der Waals surface area contributed by atoms with Crippen LogP contribution in [0.15, 0.2) is 30.3 Å². The summed E-state index contributed by atoms with van der Waals surface area (Å²) in [5, 5.41) is 6.66. The molecule has 0 aliphatic rings. The SMILES string of the molecule is Cc1cccc(C(=O)NCC(=O)NNC(=O)Cn2nc(C)cc2C)c1. The van der Waals surface area contributed by atoms with Crippen LogP contribution in [0.4, 0.5) is 0 Å². The summed E-state index contributed by atoms with van der Waals surface area (Å²) in [5.74, 6) is -1.29. The Hall–Kier alpha value is -3.16. The molecule has 8 nitrogen and oxygen atoms in total. The Morgan fingerprint density at radius 3 is 2.40 bits per heavy atom. The highest BCUT2D eigenvalue weighted by Crippen LogP contribution is 2.03. The van der Waals surface area contributed by atoms with Crippen molar-refractivity contribution in [1.82, 2.24) is 25.9 Å². The standard InChI is InChI=1S/C17H21N5O3/c1-11-5-4-6-14(7-11)17(25)18-9-15(23)19-20-16(24)10-22-13(3)8-12(2)21-22/h4-8H,9-10H2,1-3H3,(H,18,25)(H,19,23)(H,20,24). The van der Waals surface area contributed by atoms with E-state index in [1.165, 1.54) is 4.68 Å². The van der Waals surface area contributed by atoms with Gasteiger partial charge in [-0.2, -0.15) is 5.10 Å². The molecule has 132 valence electrons. The highest BCUT2D eigenvalue weighted by atomic mass is 16.2.